The third-order valence-electron chi connectivity index (χ3n) is 4.60. The summed E-state index contributed by atoms with van der Waals surface area (Å²) < 4.78 is 5.75. The minimum absolute atomic E-state index is 0.0298. The number of carbonyl (C=O) groups is 2. The van der Waals surface area contributed by atoms with Gasteiger partial charge in [-0.05, 0) is 42.4 Å². The standard InChI is InChI=1S/C22H28N2O3S/c1-5-16(2)17-10-6-8-12-19(17)27-15-22(26)24(3)14-21(25)23-18-11-7-9-13-20(18)28-4/h6-13,16H,5,14-15H2,1-4H3,(H,23,25). The van der Waals surface area contributed by atoms with E-state index < -0.39 is 0 Å². The molecule has 0 saturated carbocycles. The fourth-order valence-corrected chi connectivity index (χ4v) is 3.28. The van der Waals surface area contributed by atoms with Gasteiger partial charge in [0, 0.05) is 11.9 Å². The molecule has 28 heavy (non-hydrogen) atoms. The van der Waals surface area contributed by atoms with E-state index in [1.54, 1.807) is 18.8 Å². The molecule has 0 aliphatic carbocycles. The Morgan fingerprint density at radius 3 is 2.54 bits per heavy atom. The first kappa shape index (κ1) is 21.8. The predicted molar refractivity (Wildman–Crippen MR) is 115 cm³/mol. The number of hydrogen-bond acceptors (Lipinski definition) is 4. The molecule has 2 aromatic carbocycles. The number of hydrogen-bond donors (Lipinski definition) is 1. The van der Waals surface area contributed by atoms with Gasteiger partial charge in [0.25, 0.3) is 5.91 Å². The summed E-state index contributed by atoms with van der Waals surface area (Å²) >= 11 is 1.56. The number of anilines is 1. The largest absolute Gasteiger partial charge is 0.483 e. The summed E-state index contributed by atoms with van der Waals surface area (Å²) in [4.78, 5) is 27.1. The highest BCUT2D eigenvalue weighted by atomic mass is 32.2. The molecule has 0 radical (unpaired) electrons. The number of benzene rings is 2. The second-order valence-corrected chi connectivity index (χ2v) is 7.48. The van der Waals surface area contributed by atoms with Crippen molar-refractivity contribution in [2.45, 2.75) is 31.1 Å². The average Bonchev–Trinajstić information content (AvgIpc) is 2.71. The van der Waals surface area contributed by atoms with Crippen molar-refractivity contribution in [1.29, 1.82) is 0 Å². The van der Waals surface area contributed by atoms with E-state index >= 15 is 0 Å². The van der Waals surface area contributed by atoms with Crippen molar-refractivity contribution >= 4 is 29.3 Å². The summed E-state index contributed by atoms with van der Waals surface area (Å²) in [5.41, 5.74) is 1.84. The SMILES string of the molecule is CCC(C)c1ccccc1OCC(=O)N(C)CC(=O)Nc1ccccc1SC. The zero-order valence-corrected chi connectivity index (χ0v) is 17.7. The van der Waals surface area contributed by atoms with E-state index in [4.69, 9.17) is 4.74 Å². The molecule has 1 atom stereocenters. The molecule has 0 aromatic heterocycles. The van der Waals surface area contributed by atoms with Crippen LogP contribution in [-0.4, -0.2) is 43.2 Å². The minimum atomic E-state index is -0.243. The van der Waals surface area contributed by atoms with Gasteiger partial charge < -0.3 is 15.0 Å². The van der Waals surface area contributed by atoms with Crippen LogP contribution in [0.1, 0.15) is 31.7 Å². The summed E-state index contributed by atoms with van der Waals surface area (Å²) in [6, 6.07) is 15.3. The molecular weight excluding hydrogens is 372 g/mol. The number of likely N-dealkylation sites (N-methyl/N-ethyl adjacent to an activating group) is 1. The van der Waals surface area contributed by atoms with Crippen molar-refractivity contribution in [2.75, 3.05) is 31.8 Å². The van der Waals surface area contributed by atoms with E-state index in [9.17, 15) is 9.59 Å². The zero-order chi connectivity index (χ0) is 20.5. The van der Waals surface area contributed by atoms with Crippen LogP contribution in [0.15, 0.2) is 53.4 Å². The number of amides is 2. The van der Waals surface area contributed by atoms with E-state index in [0.717, 1.165) is 28.3 Å². The molecule has 6 heteroatoms. The molecule has 0 spiro atoms. The molecule has 0 heterocycles. The number of ether oxygens (including phenoxy) is 1. The Labute approximate surface area is 171 Å². The molecule has 0 aliphatic rings. The normalized spacial score (nSPS) is 11.6. The van der Waals surface area contributed by atoms with Gasteiger partial charge in [-0.25, -0.2) is 0 Å². The Balaban J connectivity index is 1.90. The topological polar surface area (TPSA) is 58.6 Å². The molecule has 150 valence electrons. The maximum atomic E-state index is 12.4. The Kier molecular flexibility index (Phi) is 8.39. The smallest absolute Gasteiger partial charge is 0.260 e. The van der Waals surface area contributed by atoms with Gasteiger partial charge >= 0.3 is 0 Å². The third kappa shape index (κ3) is 6.02. The van der Waals surface area contributed by atoms with Crippen LogP contribution in [-0.2, 0) is 9.59 Å². The molecule has 1 unspecified atom stereocenters. The average molecular weight is 401 g/mol. The van der Waals surface area contributed by atoms with E-state index in [2.05, 4.69) is 19.2 Å². The van der Waals surface area contributed by atoms with E-state index in [1.807, 2.05) is 54.8 Å². The molecule has 2 aromatic rings. The summed E-state index contributed by atoms with van der Waals surface area (Å²) in [6.07, 6.45) is 2.95. The molecule has 2 rings (SSSR count). The van der Waals surface area contributed by atoms with Crippen LogP contribution in [0.4, 0.5) is 5.69 Å². The van der Waals surface area contributed by atoms with E-state index in [1.165, 1.54) is 4.90 Å². The summed E-state index contributed by atoms with van der Waals surface area (Å²) in [7, 11) is 1.60. The number of thioether (sulfide) groups is 1. The summed E-state index contributed by atoms with van der Waals surface area (Å²) in [5.74, 6) is 0.591. The lowest BCUT2D eigenvalue weighted by Crippen LogP contribution is -2.37. The number of nitrogens with zero attached hydrogens (tertiary/aromatic N) is 1. The van der Waals surface area contributed by atoms with Crippen LogP contribution in [0.5, 0.6) is 5.75 Å². The van der Waals surface area contributed by atoms with Crippen molar-refractivity contribution in [1.82, 2.24) is 4.90 Å². The Morgan fingerprint density at radius 2 is 1.82 bits per heavy atom. The molecular formula is C22H28N2O3S. The van der Waals surface area contributed by atoms with Crippen molar-refractivity contribution in [3.8, 4) is 5.75 Å². The van der Waals surface area contributed by atoms with Crippen molar-refractivity contribution < 1.29 is 14.3 Å². The predicted octanol–water partition coefficient (Wildman–Crippen LogP) is 4.40. The number of carbonyl (C=O) groups excluding carboxylic acids is 2. The van der Waals surface area contributed by atoms with Crippen LogP contribution in [0.25, 0.3) is 0 Å². The van der Waals surface area contributed by atoms with Crippen molar-refractivity contribution in [3.63, 3.8) is 0 Å². The molecule has 5 nitrogen and oxygen atoms in total. The van der Waals surface area contributed by atoms with Crippen LogP contribution >= 0.6 is 11.8 Å². The Hall–Kier alpha value is -2.47. The van der Waals surface area contributed by atoms with Gasteiger partial charge in [0.15, 0.2) is 6.61 Å². The first-order valence-electron chi connectivity index (χ1n) is 9.34. The lowest BCUT2D eigenvalue weighted by atomic mass is 9.98. The molecule has 0 saturated heterocycles. The maximum Gasteiger partial charge on any atom is 0.260 e. The van der Waals surface area contributed by atoms with Crippen LogP contribution in [0, 0.1) is 0 Å². The van der Waals surface area contributed by atoms with Gasteiger partial charge in [0.05, 0.1) is 12.2 Å². The second-order valence-electron chi connectivity index (χ2n) is 6.63. The lowest BCUT2D eigenvalue weighted by molar-refractivity contribution is -0.135. The first-order valence-corrected chi connectivity index (χ1v) is 10.6. The Morgan fingerprint density at radius 1 is 1.14 bits per heavy atom. The Bertz CT molecular complexity index is 810. The quantitative estimate of drug-likeness (QED) is 0.634. The highest BCUT2D eigenvalue weighted by Gasteiger charge is 2.16. The number of para-hydroxylation sites is 2. The fourth-order valence-electron chi connectivity index (χ4n) is 2.73. The molecule has 0 bridgehead atoms. The van der Waals surface area contributed by atoms with Crippen LogP contribution in [0.3, 0.4) is 0 Å². The van der Waals surface area contributed by atoms with Crippen LogP contribution in [0.2, 0.25) is 0 Å². The lowest BCUT2D eigenvalue weighted by Gasteiger charge is -2.19. The molecule has 0 fully saturated rings. The second kappa shape index (κ2) is 10.8. The summed E-state index contributed by atoms with van der Waals surface area (Å²) in [6.45, 7) is 4.12. The molecule has 2 amide bonds. The van der Waals surface area contributed by atoms with Gasteiger partial charge in [-0.2, -0.15) is 0 Å². The number of nitrogens with one attached hydrogen (secondary N) is 1. The van der Waals surface area contributed by atoms with Gasteiger partial charge in [0.2, 0.25) is 5.91 Å². The maximum absolute atomic E-state index is 12.4. The molecule has 0 aliphatic heterocycles. The van der Waals surface area contributed by atoms with E-state index in [0.29, 0.717) is 5.92 Å². The third-order valence-corrected chi connectivity index (χ3v) is 5.40. The molecule has 1 N–H and O–H groups in total. The highest BCUT2D eigenvalue weighted by Crippen LogP contribution is 2.28. The van der Waals surface area contributed by atoms with Gasteiger partial charge in [0.1, 0.15) is 5.75 Å². The summed E-state index contributed by atoms with van der Waals surface area (Å²) in [5, 5.41) is 2.86. The highest BCUT2D eigenvalue weighted by molar-refractivity contribution is 7.98. The van der Waals surface area contributed by atoms with Crippen molar-refractivity contribution in [2.24, 2.45) is 0 Å². The van der Waals surface area contributed by atoms with Gasteiger partial charge in [-0.15, -0.1) is 11.8 Å². The van der Waals surface area contributed by atoms with E-state index in [-0.39, 0.29) is 25.0 Å². The zero-order valence-electron chi connectivity index (χ0n) is 16.9. The number of rotatable bonds is 9. The minimum Gasteiger partial charge on any atom is -0.483 e. The first-order chi connectivity index (χ1) is 13.5. The van der Waals surface area contributed by atoms with Gasteiger partial charge in [-0.1, -0.05) is 44.2 Å². The fraction of sp³-hybridized carbons (Fsp3) is 0.364. The van der Waals surface area contributed by atoms with Gasteiger partial charge in [-0.3, -0.25) is 9.59 Å². The van der Waals surface area contributed by atoms with Crippen LogP contribution < -0.4 is 10.1 Å². The van der Waals surface area contributed by atoms with Crippen molar-refractivity contribution in [3.05, 3.63) is 54.1 Å². The monoisotopic (exact) mass is 400 g/mol.